The molecule has 0 heterocycles. The van der Waals surface area contributed by atoms with Gasteiger partial charge in [-0.05, 0) is 29.8 Å². The summed E-state index contributed by atoms with van der Waals surface area (Å²) in [5.74, 6) is -3.23. The Labute approximate surface area is 131 Å². The van der Waals surface area contributed by atoms with Gasteiger partial charge < -0.3 is 11.1 Å². The number of nitrogens with one attached hydrogen (secondary N) is 2. The second-order valence-corrected chi connectivity index (χ2v) is 4.68. The van der Waals surface area contributed by atoms with Gasteiger partial charge in [0, 0.05) is 12.2 Å². The molecule has 0 aliphatic heterocycles. The summed E-state index contributed by atoms with van der Waals surface area (Å²) in [7, 11) is 0. The Morgan fingerprint density at radius 1 is 0.957 bits per heavy atom. The molecule has 0 aromatic heterocycles. The highest BCUT2D eigenvalue weighted by Gasteiger charge is 2.18. The number of benzene rings is 2. The molecule has 0 aliphatic rings. The molecule has 2 aromatic rings. The molecule has 23 heavy (non-hydrogen) atoms. The fraction of sp³-hybridized carbons (Fsp3) is 0.0625. The van der Waals surface area contributed by atoms with E-state index in [-0.39, 0.29) is 17.8 Å². The van der Waals surface area contributed by atoms with Crippen LogP contribution in [0.4, 0.5) is 10.1 Å². The number of amides is 3. The maximum absolute atomic E-state index is 12.8. The van der Waals surface area contributed by atoms with Crippen LogP contribution in [0.1, 0.15) is 15.9 Å². The van der Waals surface area contributed by atoms with Crippen molar-refractivity contribution in [3.8, 4) is 0 Å². The fourth-order valence-corrected chi connectivity index (χ4v) is 1.80. The molecule has 0 saturated carbocycles. The topological polar surface area (TPSA) is 101 Å². The van der Waals surface area contributed by atoms with Gasteiger partial charge in [-0.1, -0.05) is 24.3 Å². The van der Waals surface area contributed by atoms with Gasteiger partial charge in [-0.2, -0.15) is 0 Å². The van der Waals surface area contributed by atoms with E-state index < -0.39 is 23.5 Å². The summed E-state index contributed by atoms with van der Waals surface area (Å²) in [4.78, 5) is 35.2. The summed E-state index contributed by atoms with van der Waals surface area (Å²) in [6.45, 7) is 0.0359. The largest absolute Gasteiger partial charge is 0.398 e. The maximum Gasteiger partial charge on any atom is 0.316 e. The summed E-state index contributed by atoms with van der Waals surface area (Å²) in [5, 5.41) is 4.29. The van der Waals surface area contributed by atoms with Crippen LogP contribution >= 0.6 is 0 Å². The molecule has 0 spiro atoms. The lowest BCUT2D eigenvalue weighted by molar-refractivity contribution is -0.138. The zero-order valence-electron chi connectivity index (χ0n) is 12.0. The minimum atomic E-state index is -1.10. The minimum absolute atomic E-state index is 0.0359. The number of nitrogens with two attached hydrogens (primary N) is 1. The van der Waals surface area contributed by atoms with Crippen molar-refractivity contribution >= 4 is 23.4 Å². The third-order valence-corrected chi connectivity index (χ3v) is 3.01. The molecule has 6 nitrogen and oxygen atoms in total. The van der Waals surface area contributed by atoms with Crippen LogP contribution in [-0.4, -0.2) is 17.7 Å². The Kier molecular flexibility index (Phi) is 5.03. The first-order valence-electron chi connectivity index (χ1n) is 6.70. The normalized spacial score (nSPS) is 9.96. The van der Waals surface area contributed by atoms with Gasteiger partial charge in [-0.3, -0.25) is 19.7 Å². The first kappa shape index (κ1) is 16.2. The first-order valence-corrected chi connectivity index (χ1v) is 6.70. The second-order valence-electron chi connectivity index (χ2n) is 4.68. The van der Waals surface area contributed by atoms with Crippen molar-refractivity contribution < 1.29 is 18.8 Å². The molecule has 118 valence electrons. The predicted molar refractivity (Wildman–Crippen MR) is 81.6 cm³/mol. The van der Waals surface area contributed by atoms with E-state index in [1.54, 1.807) is 12.1 Å². The van der Waals surface area contributed by atoms with Gasteiger partial charge in [0.15, 0.2) is 0 Å². The van der Waals surface area contributed by atoms with Gasteiger partial charge in [-0.15, -0.1) is 0 Å². The highest BCUT2D eigenvalue weighted by molar-refractivity contribution is 6.38. The number of carbonyl (C=O) groups is 3. The van der Waals surface area contributed by atoms with Crippen LogP contribution < -0.4 is 16.4 Å². The molecule has 2 rings (SSSR count). The smallest absolute Gasteiger partial charge is 0.316 e. The number of carbonyl (C=O) groups excluding carboxylic acids is 3. The van der Waals surface area contributed by atoms with Crippen molar-refractivity contribution in [2.24, 2.45) is 0 Å². The van der Waals surface area contributed by atoms with Gasteiger partial charge in [0.05, 0.1) is 5.56 Å². The van der Waals surface area contributed by atoms with Gasteiger partial charge in [-0.25, -0.2) is 4.39 Å². The number of nitrogen functional groups attached to an aromatic ring is 1. The predicted octanol–water partition coefficient (Wildman–Crippen LogP) is 0.981. The van der Waals surface area contributed by atoms with E-state index in [4.69, 9.17) is 5.73 Å². The number of hydrogen-bond donors (Lipinski definition) is 3. The second kappa shape index (κ2) is 7.17. The van der Waals surface area contributed by atoms with E-state index in [0.29, 0.717) is 5.56 Å². The minimum Gasteiger partial charge on any atom is -0.398 e. The lowest BCUT2D eigenvalue weighted by Crippen LogP contribution is -2.42. The van der Waals surface area contributed by atoms with Crippen LogP contribution in [0.5, 0.6) is 0 Å². The summed E-state index contributed by atoms with van der Waals surface area (Å²) in [6, 6.07) is 11.6. The molecule has 0 aliphatic carbocycles. The molecule has 0 radical (unpaired) electrons. The molecule has 0 atom stereocenters. The van der Waals surface area contributed by atoms with Gasteiger partial charge in [0.1, 0.15) is 5.82 Å². The molecule has 3 amide bonds. The summed E-state index contributed by atoms with van der Waals surface area (Å²) < 4.78 is 12.8. The van der Waals surface area contributed by atoms with Crippen molar-refractivity contribution in [2.45, 2.75) is 6.54 Å². The number of imide groups is 1. The molecular formula is C16H14FN3O3. The first-order chi connectivity index (χ1) is 11.0. The Morgan fingerprint density at radius 2 is 1.61 bits per heavy atom. The summed E-state index contributed by atoms with van der Waals surface area (Å²) >= 11 is 0. The lowest BCUT2D eigenvalue weighted by Gasteiger charge is -2.07. The van der Waals surface area contributed by atoms with Crippen LogP contribution in [0.3, 0.4) is 0 Å². The van der Waals surface area contributed by atoms with E-state index in [1.807, 2.05) is 5.32 Å². The fourth-order valence-electron chi connectivity index (χ4n) is 1.80. The van der Waals surface area contributed by atoms with Crippen LogP contribution in [0, 0.1) is 5.82 Å². The van der Waals surface area contributed by atoms with E-state index in [0.717, 1.165) is 0 Å². The quantitative estimate of drug-likeness (QED) is 0.580. The SMILES string of the molecule is Nc1ccccc1C(=O)NC(=O)C(=O)NCc1ccc(F)cc1. The van der Waals surface area contributed by atoms with E-state index >= 15 is 0 Å². The number of rotatable bonds is 3. The third-order valence-electron chi connectivity index (χ3n) is 3.01. The molecule has 0 unspecified atom stereocenters. The van der Waals surface area contributed by atoms with Crippen LogP contribution in [0.25, 0.3) is 0 Å². The number of halogens is 1. The monoisotopic (exact) mass is 315 g/mol. The standard InChI is InChI=1S/C16H14FN3O3/c17-11-7-5-10(6-8-11)9-19-15(22)16(23)20-14(21)12-3-1-2-4-13(12)18/h1-8H,9,18H2,(H,19,22)(H,20,21,23). The zero-order chi connectivity index (χ0) is 16.8. The number of hydrogen-bond acceptors (Lipinski definition) is 4. The Morgan fingerprint density at radius 3 is 2.26 bits per heavy atom. The zero-order valence-corrected chi connectivity index (χ0v) is 12.0. The Hall–Kier alpha value is -3.22. The van der Waals surface area contributed by atoms with Crippen molar-refractivity contribution in [3.05, 3.63) is 65.5 Å². The average Bonchev–Trinajstić information content (AvgIpc) is 2.54. The average molecular weight is 315 g/mol. The van der Waals surface area contributed by atoms with Crippen LogP contribution in [0.15, 0.2) is 48.5 Å². The van der Waals surface area contributed by atoms with Crippen molar-refractivity contribution in [1.82, 2.24) is 10.6 Å². The van der Waals surface area contributed by atoms with E-state index in [9.17, 15) is 18.8 Å². The van der Waals surface area contributed by atoms with Gasteiger partial charge in [0.2, 0.25) is 0 Å². The Balaban J connectivity index is 1.90. The highest BCUT2D eigenvalue weighted by atomic mass is 19.1. The highest BCUT2D eigenvalue weighted by Crippen LogP contribution is 2.09. The number of anilines is 1. The molecule has 4 N–H and O–H groups in total. The van der Waals surface area contributed by atoms with Gasteiger partial charge >= 0.3 is 11.8 Å². The van der Waals surface area contributed by atoms with Crippen molar-refractivity contribution in [1.29, 1.82) is 0 Å². The van der Waals surface area contributed by atoms with Crippen LogP contribution in [-0.2, 0) is 16.1 Å². The summed E-state index contributed by atoms with van der Waals surface area (Å²) in [5.41, 5.74) is 6.54. The van der Waals surface area contributed by atoms with Crippen molar-refractivity contribution in [3.63, 3.8) is 0 Å². The maximum atomic E-state index is 12.8. The Bertz CT molecular complexity index is 744. The third kappa shape index (κ3) is 4.37. The van der Waals surface area contributed by atoms with E-state index in [1.165, 1.54) is 36.4 Å². The lowest BCUT2D eigenvalue weighted by atomic mass is 10.1. The molecule has 0 saturated heterocycles. The van der Waals surface area contributed by atoms with Crippen LogP contribution in [0.2, 0.25) is 0 Å². The molecule has 7 heteroatoms. The number of para-hydroxylation sites is 1. The van der Waals surface area contributed by atoms with Crippen molar-refractivity contribution in [2.75, 3.05) is 5.73 Å². The molecular weight excluding hydrogens is 301 g/mol. The molecule has 0 fully saturated rings. The summed E-state index contributed by atoms with van der Waals surface area (Å²) in [6.07, 6.45) is 0. The van der Waals surface area contributed by atoms with E-state index in [2.05, 4.69) is 5.32 Å². The molecule has 0 bridgehead atoms. The molecule has 2 aromatic carbocycles. The van der Waals surface area contributed by atoms with Gasteiger partial charge in [0.25, 0.3) is 5.91 Å².